The normalized spacial score (nSPS) is 12.0. The average Bonchev–Trinajstić information content (AvgIpc) is 2.70. The molecule has 0 spiro atoms. The predicted octanol–water partition coefficient (Wildman–Crippen LogP) is 2.19. The highest BCUT2D eigenvalue weighted by Crippen LogP contribution is 2.21. The number of aryl methyl sites for hydroxylation is 1. The van der Waals surface area contributed by atoms with Crippen molar-refractivity contribution in [2.45, 2.75) is 25.9 Å². The molecule has 2 aromatic heterocycles. The van der Waals surface area contributed by atoms with E-state index >= 15 is 0 Å². The van der Waals surface area contributed by atoms with E-state index in [1.54, 1.807) is 13.0 Å². The Bertz CT molecular complexity index is 534. The Morgan fingerprint density at radius 1 is 1.39 bits per heavy atom. The molecule has 18 heavy (non-hydrogen) atoms. The van der Waals surface area contributed by atoms with Gasteiger partial charge in [0.1, 0.15) is 12.1 Å². The maximum atomic E-state index is 12.0. The van der Waals surface area contributed by atoms with Crippen LogP contribution in [0, 0.1) is 6.92 Å². The summed E-state index contributed by atoms with van der Waals surface area (Å²) in [6, 6.07) is 1.72. The van der Waals surface area contributed by atoms with E-state index in [0.29, 0.717) is 11.6 Å². The lowest BCUT2D eigenvalue weighted by atomic mass is 10.3. The van der Waals surface area contributed by atoms with Gasteiger partial charge in [0, 0.05) is 24.7 Å². The topological polar surface area (TPSA) is 55.1 Å². The van der Waals surface area contributed by atoms with Gasteiger partial charge < -0.3 is 5.32 Å². The molecule has 0 amide bonds. The van der Waals surface area contributed by atoms with Crippen LogP contribution in [0.25, 0.3) is 5.78 Å². The van der Waals surface area contributed by atoms with Gasteiger partial charge in [0.2, 0.25) is 0 Å². The third kappa shape index (κ3) is 3.08. The molecule has 0 atom stereocenters. The van der Waals surface area contributed by atoms with Crippen molar-refractivity contribution in [3.05, 3.63) is 18.1 Å². The third-order valence-corrected chi connectivity index (χ3v) is 2.32. The van der Waals surface area contributed by atoms with Gasteiger partial charge in [-0.25, -0.2) is 4.98 Å². The van der Waals surface area contributed by atoms with Gasteiger partial charge in [0.15, 0.2) is 0 Å². The van der Waals surface area contributed by atoms with Crippen LogP contribution in [0.2, 0.25) is 0 Å². The summed E-state index contributed by atoms with van der Waals surface area (Å²) in [6.45, 7) is 2.01. The molecule has 0 aliphatic rings. The van der Waals surface area contributed by atoms with Crippen molar-refractivity contribution in [3.8, 4) is 0 Å². The number of hydrogen-bond acceptors (Lipinski definition) is 4. The van der Waals surface area contributed by atoms with Crippen molar-refractivity contribution < 1.29 is 13.2 Å². The molecule has 0 fully saturated rings. The lowest BCUT2D eigenvalue weighted by Crippen LogP contribution is -2.13. The van der Waals surface area contributed by atoms with Crippen LogP contribution in [0.1, 0.15) is 18.5 Å². The zero-order chi connectivity index (χ0) is 13.2. The molecule has 2 aromatic rings. The molecule has 0 aliphatic heterocycles. The van der Waals surface area contributed by atoms with Gasteiger partial charge in [-0.3, -0.25) is 0 Å². The maximum absolute atomic E-state index is 12.0. The van der Waals surface area contributed by atoms with Crippen LogP contribution in [-0.4, -0.2) is 32.3 Å². The number of hydrogen-bond donors (Lipinski definition) is 1. The van der Waals surface area contributed by atoms with Crippen molar-refractivity contribution in [3.63, 3.8) is 0 Å². The number of anilines is 1. The van der Waals surface area contributed by atoms with Crippen molar-refractivity contribution in [2.24, 2.45) is 0 Å². The Kier molecular flexibility index (Phi) is 3.35. The minimum atomic E-state index is -4.11. The Hall–Kier alpha value is -1.86. The fourth-order valence-electron chi connectivity index (χ4n) is 1.56. The van der Waals surface area contributed by atoms with Crippen LogP contribution in [0.3, 0.4) is 0 Å². The molecule has 98 valence electrons. The van der Waals surface area contributed by atoms with Crippen molar-refractivity contribution >= 4 is 11.6 Å². The van der Waals surface area contributed by atoms with E-state index in [2.05, 4.69) is 20.4 Å². The van der Waals surface area contributed by atoms with E-state index in [4.69, 9.17) is 0 Å². The quantitative estimate of drug-likeness (QED) is 0.855. The number of alkyl halides is 3. The Morgan fingerprint density at radius 2 is 2.17 bits per heavy atom. The number of rotatable bonds is 4. The maximum Gasteiger partial charge on any atom is 0.389 e. The lowest BCUT2D eigenvalue weighted by Gasteiger charge is -2.09. The summed E-state index contributed by atoms with van der Waals surface area (Å²) in [5.74, 6) is 1.02. The van der Waals surface area contributed by atoms with E-state index < -0.39 is 12.6 Å². The highest BCUT2D eigenvalue weighted by molar-refractivity contribution is 5.44. The molecular weight excluding hydrogens is 247 g/mol. The largest absolute Gasteiger partial charge is 0.389 e. The molecule has 0 radical (unpaired) electrons. The minimum absolute atomic E-state index is 0.0149. The summed E-state index contributed by atoms with van der Waals surface area (Å²) in [6.07, 6.45) is -3.55. The van der Waals surface area contributed by atoms with Crippen LogP contribution in [0.4, 0.5) is 19.0 Å². The van der Waals surface area contributed by atoms with Gasteiger partial charge >= 0.3 is 6.18 Å². The third-order valence-electron chi connectivity index (χ3n) is 2.32. The SMILES string of the molecule is Cc1cc(NCCCC(F)(F)F)n2ncnc2n1. The van der Waals surface area contributed by atoms with Crippen molar-refractivity contribution in [2.75, 3.05) is 11.9 Å². The molecule has 1 N–H and O–H groups in total. The van der Waals surface area contributed by atoms with E-state index in [9.17, 15) is 13.2 Å². The Morgan fingerprint density at radius 3 is 2.89 bits per heavy atom. The molecule has 0 bridgehead atoms. The summed E-state index contributed by atoms with van der Waals surface area (Å²) in [5, 5.41) is 6.85. The first kappa shape index (κ1) is 12.6. The van der Waals surface area contributed by atoms with Gasteiger partial charge in [0.05, 0.1) is 0 Å². The first-order chi connectivity index (χ1) is 8.46. The van der Waals surface area contributed by atoms with Gasteiger partial charge in [-0.05, 0) is 13.3 Å². The number of nitrogens with zero attached hydrogens (tertiary/aromatic N) is 4. The van der Waals surface area contributed by atoms with E-state index in [1.165, 1.54) is 10.8 Å². The molecule has 0 aromatic carbocycles. The highest BCUT2D eigenvalue weighted by atomic mass is 19.4. The molecule has 8 heteroatoms. The zero-order valence-corrected chi connectivity index (χ0v) is 9.70. The lowest BCUT2D eigenvalue weighted by molar-refractivity contribution is -0.134. The first-order valence-corrected chi connectivity index (χ1v) is 5.44. The molecule has 0 unspecified atom stereocenters. The Labute approximate surface area is 101 Å². The number of aromatic nitrogens is 4. The molecule has 2 rings (SSSR count). The number of halogens is 3. The van der Waals surface area contributed by atoms with Crippen LogP contribution >= 0.6 is 0 Å². The first-order valence-electron chi connectivity index (χ1n) is 5.44. The van der Waals surface area contributed by atoms with Crippen LogP contribution in [0.15, 0.2) is 12.4 Å². The summed E-state index contributed by atoms with van der Waals surface area (Å²) >= 11 is 0. The summed E-state index contributed by atoms with van der Waals surface area (Å²) in [7, 11) is 0. The van der Waals surface area contributed by atoms with Crippen LogP contribution in [-0.2, 0) is 0 Å². The number of fused-ring (bicyclic) bond motifs is 1. The van der Waals surface area contributed by atoms with Gasteiger partial charge in [-0.1, -0.05) is 0 Å². The Balaban J connectivity index is 2.01. The van der Waals surface area contributed by atoms with Gasteiger partial charge in [-0.15, -0.1) is 0 Å². The fraction of sp³-hybridized carbons (Fsp3) is 0.500. The zero-order valence-electron chi connectivity index (χ0n) is 9.70. The summed E-state index contributed by atoms with van der Waals surface area (Å²) in [5.41, 5.74) is 0.730. The monoisotopic (exact) mass is 259 g/mol. The second kappa shape index (κ2) is 4.79. The van der Waals surface area contributed by atoms with Gasteiger partial charge in [-0.2, -0.15) is 27.8 Å². The van der Waals surface area contributed by atoms with E-state index in [-0.39, 0.29) is 13.0 Å². The summed E-state index contributed by atoms with van der Waals surface area (Å²) < 4.78 is 37.4. The minimum Gasteiger partial charge on any atom is -0.370 e. The standard InChI is InChI=1S/C10H12F3N5/c1-7-5-8(14-4-2-3-10(11,12)13)18-9(17-7)15-6-16-18/h5-6,14H,2-4H2,1H3. The molecule has 5 nitrogen and oxygen atoms in total. The fourth-order valence-corrected chi connectivity index (χ4v) is 1.56. The highest BCUT2D eigenvalue weighted by Gasteiger charge is 2.25. The average molecular weight is 259 g/mol. The van der Waals surface area contributed by atoms with Crippen molar-refractivity contribution in [1.82, 2.24) is 19.6 Å². The molecule has 0 aliphatic carbocycles. The smallest absolute Gasteiger partial charge is 0.370 e. The molecular formula is C10H12F3N5. The predicted molar refractivity (Wildman–Crippen MR) is 59.3 cm³/mol. The second-order valence-corrected chi connectivity index (χ2v) is 3.90. The number of nitrogens with one attached hydrogen (secondary N) is 1. The van der Waals surface area contributed by atoms with Crippen LogP contribution < -0.4 is 5.32 Å². The van der Waals surface area contributed by atoms with E-state index in [0.717, 1.165) is 5.69 Å². The van der Waals surface area contributed by atoms with E-state index in [1.807, 2.05) is 0 Å². The molecule has 2 heterocycles. The van der Waals surface area contributed by atoms with Crippen LogP contribution in [0.5, 0.6) is 0 Å². The molecule has 0 saturated carbocycles. The van der Waals surface area contributed by atoms with Crippen molar-refractivity contribution in [1.29, 1.82) is 0 Å². The molecule has 0 saturated heterocycles. The second-order valence-electron chi connectivity index (χ2n) is 3.90. The summed E-state index contributed by atoms with van der Waals surface area (Å²) in [4.78, 5) is 8.06. The van der Waals surface area contributed by atoms with Gasteiger partial charge in [0.25, 0.3) is 5.78 Å².